The molecule has 6 rings (SSSR count). The van der Waals surface area contributed by atoms with Crippen molar-refractivity contribution in [2.24, 2.45) is 11.3 Å². The van der Waals surface area contributed by atoms with Crippen molar-refractivity contribution in [3.05, 3.63) is 28.8 Å². The molecule has 5 aliphatic rings. The van der Waals surface area contributed by atoms with Gasteiger partial charge in [-0.1, -0.05) is 11.6 Å². The smallest absolute Gasteiger partial charge is 0.289 e. The summed E-state index contributed by atoms with van der Waals surface area (Å²) in [6.07, 6.45) is 2.53. The molecule has 2 bridgehead atoms. The minimum absolute atomic E-state index is 0.00341. The molecule has 1 saturated heterocycles. The van der Waals surface area contributed by atoms with Gasteiger partial charge in [0.2, 0.25) is 17.6 Å². The van der Waals surface area contributed by atoms with Crippen molar-refractivity contribution in [1.82, 2.24) is 16.0 Å². The van der Waals surface area contributed by atoms with E-state index in [-0.39, 0.29) is 59.8 Å². The molecule has 4 aliphatic carbocycles. The number of halogens is 2. The van der Waals surface area contributed by atoms with Crippen LogP contribution < -0.4 is 21.3 Å². The van der Waals surface area contributed by atoms with Crippen molar-refractivity contribution in [1.29, 1.82) is 0 Å². The SMILES string of the molecule is O=C(NC1CC1)C(=O)[C@H](C[C@@H]1CCNC1=O)NC(=O)c1cc(Cl)ccc1NC(=O)C12CC(F)(C1)C2. The monoisotopic (exact) mass is 504 g/mol. The van der Waals surface area contributed by atoms with Crippen LogP contribution in [0.5, 0.6) is 0 Å². The van der Waals surface area contributed by atoms with Gasteiger partial charge in [-0.05, 0) is 63.1 Å². The van der Waals surface area contributed by atoms with Crippen LogP contribution in [0, 0.1) is 11.3 Å². The fourth-order valence-corrected chi connectivity index (χ4v) is 5.41. The highest BCUT2D eigenvalue weighted by molar-refractivity contribution is 6.38. The minimum Gasteiger partial charge on any atom is -0.356 e. The maximum absolute atomic E-state index is 13.9. The van der Waals surface area contributed by atoms with Crippen LogP contribution in [-0.2, 0) is 19.2 Å². The quantitative estimate of drug-likeness (QED) is 0.379. The summed E-state index contributed by atoms with van der Waals surface area (Å²) in [6, 6.07) is 3.03. The van der Waals surface area contributed by atoms with Gasteiger partial charge >= 0.3 is 0 Å². The number of Topliss-reactive ketones (excluding diaryl/α,β-unsaturated/α-hetero) is 1. The van der Waals surface area contributed by atoms with Crippen LogP contribution in [0.15, 0.2) is 18.2 Å². The highest BCUT2D eigenvalue weighted by atomic mass is 35.5. The number of anilines is 1. The normalized spacial score (nSPS) is 29.2. The number of nitrogens with one attached hydrogen (secondary N) is 4. The van der Waals surface area contributed by atoms with Gasteiger partial charge in [-0.25, -0.2) is 4.39 Å². The van der Waals surface area contributed by atoms with Gasteiger partial charge in [0.1, 0.15) is 5.67 Å². The summed E-state index contributed by atoms with van der Waals surface area (Å²) >= 11 is 6.10. The third kappa shape index (κ3) is 4.63. The Morgan fingerprint density at radius 3 is 2.46 bits per heavy atom. The molecule has 9 nitrogen and oxygen atoms in total. The molecule has 0 unspecified atom stereocenters. The maximum atomic E-state index is 13.9. The second kappa shape index (κ2) is 8.58. The van der Waals surface area contributed by atoms with Gasteiger partial charge < -0.3 is 21.3 Å². The van der Waals surface area contributed by atoms with Crippen LogP contribution in [0.2, 0.25) is 5.02 Å². The molecule has 4 saturated carbocycles. The first-order valence-electron chi connectivity index (χ1n) is 11.8. The Morgan fingerprint density at radius 2 is 1.86 bits per heavy atom. The first kappa shape index (κ1) is 23.7. The van der Waals surface area contributed by atoms with E-state index >= 15 is 0 Å². The Hall–Kier alpha value is -3.01. The van der Waals surface area contributed by atoms with Gasteiger partial charge in [-0.3, -0.25) is 24.0 Å². The topological polar surface area (TPSA) is 133 Å². The molecule has 5 fully saturated rings. The third-order valence-electron chi connectivity index (χ3n) is 7.36. The Kier molecular flexibility index (Phi) is 5.82. The van der Waals surface area contributed by atoms with Crippen LogP contribution in [0.3, 0.4) is 0 Å². The van der Waals surface area contributed by atoms with Gasteiger partial charge in [-0.2, -0.15) is 0 Å². The first-order chi connectivity index (χ1) is 16.6. The molecule has 4 N–H and O–H groups in total. The standard InChI is InChI=1S/C24H26ClFN4O5/c25-13-1-4-16(30-22(35)23-9-24(26,10-23)11-23)15(8-13)20(33)29-17(7-12-5-6-27-19(12)32)18(31)21(34)28-14-2-3-14/h1,4,8,12,14,17H,2-3,5-7,9-11H2,(H,27,32)(H,28,34)(H,29,33)(H,30,35)/t12-,17-,23?,24?/m0/s1. The molecule has 35 heavy (non-hydrogen) atoms. The molecule has 11 heteroatoms. The lowest BCUT2D eigenvalue weighted by Gasteiger charge is -2.64. The number of alkyl halides is 1. The molecular weight excluding hydrogens is 479 g/mol. The molecule has 0 aromatic heterocycles. The first-order valence-corrected chi connectivity index (χ1v) is 12.2. The van der Waals surface area contributed by atoms with Crippen LogP contribution >= 0.6 is 11.6 Å². The third-order valence-corrected chi connectivity index (χ3v) is 7.60. The average Bonchev–Trinajstić information content (AvgIpc) is 3.50. The second-order valence-corrected chi connectivity index (χ2v) is 10.7. The van der Waals surface area contributed by atoms with E-state index in [1.807, 2.05) is 0 Å². The number of benzene rings is 1. The summed E-state index contributed by atoms with van der Waals surface area (Å²) in [5, 5.41) is 10.8. The molecule has 1 aliphatic heterocycles. The van der Waals surface area contributed by atoms with Gasteiger partial charge in [0.25, 0.3) is 11.8 Å². The van der Waals surface area contributed by atoms with E-state index in [9.17, 15) is 28.4 Å². The van der Waals surface area contributed by atoms with Crippen molar-refractivity contribution in [3.63, 3.8) is 0 Å². The van der Waals surface area contributed by atoms with Crippen LogP contribution in [0.4, 0.5) is 10.1 Å². The number of carbonyl (C=O) groups is 5. The Balaban J connectivity index is 1.33. The average molecular weight is 505 g/mol. The van der Waals surface area contributed by atoms with Crippen molar-refractivity contribution in [2.45, 2.75) is 62.7 Å². The Bertz CT molecular complexity index is 1120. The van der Waals surface area contributed by atoms with E-state index in [0.29, 0.717) is 13.0 Å². The van der Waals surface area contributed by atoms with E-state index in [1.54, 1.807) is 0 Å². The number of hydrogen-bond donors (Lipinski definition) is 4. The second-order valence-electron chi connectivity index (χ2n) is 10.3. The predicted molar refractivity (Wildman–Crippen MR) is 123 cm³/mol. The Morgan fingerprint density at radius 1 is 1.14 bits per heavy atom. The zero-order valence-corrected chi connectivity index (χ0v) is 19.7. The van der Waals surface area contributed by atoms with E-state index < -0.39 is 40.6 Å². The molecule has 1 aromatic rings. The molecule has 4 amide bonds. The summed E-state index contributed by atoms with van der Waals surface area (Å²) in [5.74, 6) is -3.49. The zero-order chi connectivity index (χ0) is 25.0. The molecule has 186 valence electrons. The lowest BCUT2D eigenvalue weighted by Crippen LogP contribution is -2.69. The van der Waals surface area contributed by atoms with E-state index in [1.165, 1.54) is 18.2 Å². The molecule has 1 aromatic carbocycles. The fraction of sp³-hybridized carbons (Fsp3) is 0.542. The van der Waals surface area contributed by atoms with Crippen molar-refractivity contribution >= 4 is 46.7 Å². The van der Waals surface area contributed by atoms with Gasteiger partial charge in [-0.15, -0.1) is 0 Å². The largest absolute Gasteiger partial charge is 0.356 e. The zero-order valence-electron chi connectivity index (χ0n) is 18.9. The van der Waals surface area contributed by atoms with Gasteiger partial charge in [0.15, 0.2) is 0 Å². The number of rotatable bonds is 9. The number of hydrogen-bond acceptors (Lipinski definition) is 5. The summed E-state index contributed by atoms with van der Waals surface area (Å²) in [7, 11) is 0. The summed E-state index contributed by atoms with van der Waals surface area (Å²) in [5.41, 5.74) is -1.83. The summed E-state index contributed by atoms with van der Waals surface area (Å²) in [4.78, 5) is 63.5. The molecule has 0 radical (unpaired) electrons. The van der Waals surface area contributed by atoms with E-state index in [0.717, 1.165) is 12.8 Å². The number of carbonyl (C=O) groups excluding carboxylic acids is 5. The van der Waals surface area contributed by atoms with Crippen molar-refractivity contribution < 1.29 is 28.4 Å². The maximum Gasteiger partial charge on any atom is 0.289 e. The molecular formula is C24H26ClFN4O5. The lowest BCUT2D eigenvalue weighted by atomic mass is 9.42. The minimum atomic E-state index is -1.25. The van der Waals surface area contributed by atoms with Crippen LogP contribution in [0.25, 0.3) is 0 Å². The number of ketones is 1. The van der Waals surface area contributed by atoms with Crippen molar-refractivity contribution in [3.8, 4) is 0 Å². The van der Waals surface area contributed by atoms with E-state index in [4.69, 9.17) is 11.6 Å². The van der Waals surface area contributed by atoms with Gasteiger partial charge in [0, 0.05) is 23.5 Å². The molecule has 1 heterocycles. The molecule has 2 atom stereocenters. The highest BCUT2D eigenvalue weighted by Gasteiger charge is 2.72. The lowest BCUT2D eigenvalue weighted by molar-refractivity contribution is -0.209. The Labute approximate surface area is 205 Å². The summed E-state index contributed by atoms with van der Waals surface area (Å²) < 4.78 is 13.9. The van der Waals surface area contributed by atoms with Crippen molar-refractivity contribution in [2.75, 3.05) is 11.9 Å². The van der Waals surface area contributed by atoms with Crippen LogP contribution in [0.1, 0.15) is 55.3 Å². The predicted octanol–water partition coefficient (Wildman–Crippen LogP) is 1.64. The van der Waals surface area contributed by atoms with Crippen LogP contribution in [-0.4, -0.2) is 53.7 Å². The number of amides is 4. The van der Waals surface area contributed by atoms with Gasteiger partial charge in [0.05, 0.1) is 22.7 Å². The fourth-order valence-electron chi connectivity index (χ4n) is 5.24. The highest BCUT2D eigenvalue weighted by Crippen LogP contribution is 2.69. The van der Waals surface area contributed by atoms with E-state index in [2.05, 4.69) is 21.3 Å². The molecule has 0 spiro atoms. The summed E-state index contributed by atoms with van der Waals surface area (Å²) in [6.45, 7) is 0.457.